The minimum atomic E-state index is -0.0494. The van der Waals surface area contributed by atoms with Gasteiger partial charge in [0.15, 0.2) is 11.5 Å². The number of carbonyl (C=O) groups excluding carboxylic acids is 1. The van der Waals surface area contributed by atoms with Crippen molar-refractivity contribution in [3.8, 4) is 11.5 Å². The number of methoxy groups -OCH3 is 2. The van der Waals surface area contributed by atoms with Crippen LogP contribution in [0.15, 0.2) is 42.7 Å². The summed E-state index contributed by atoms with van der Waals surface area (Å²) in [6, 6.07) is 9.07. The number of hydrogen-bond donors (Lipinski definition) is 0. The van der Waals surface area contributed by atoms with E-state index in [1.54, 1.807) is 44.8 Å². The fraction of sp³-hybridized carbons (Fsp3) is 0.368. The Bertz CT molecular complexity index is 690. The monoisotopic (exact) mass is 343 g/mol. The number of carbonyl (C=O) groups is 1. The van der Waals surface area contributed by atoms with E-state index in [1.807, 2.05) is 31.1 Å². The third kappa shape index (κ3) is 5.19. The van der Waals surface area contributed by atoms with Gasteiger partial charge in [-0.25, -0.2) is 0 Å². The van der Waals surface area contributed by atoms with Gasteiger partial charge in [-0.05, 0) is 43.9 Å². The number of hydrogen-bond acceptors (Lipinski definition) is 5. The van der Waals surface area contributed by atoms with Crippen LogP contribution in [0.4, 0.5) is 0 Å². The first-order chi connectivity index (χ1) is 12.0. The summed E-state index contributed by atoms with van der Waals surface area (Å²) in [5.41, 5.74) is 1.57. The Kier molecular flexibility index (Phi) is 6.77. The predicted molar refractivity (Wildman–Crippen MR) is 97.1 cm³/mol. The normalized spacial score (nSPS) is 10.6. The van der Waals surface area contributed by atoms with Gasteiger partial charge < -0.3 is 19.3 Å². The van der Waals surface area contributed by atoms with Crippen LogP contribution >= 0.6 is 0 Å². The SMILES string of the molecule is COc1ccc(C(=O)N(CCN(C)C)Cc2cccnc2)cc1OC. The molecule has 0 aliphatic heterocycles. The molecule has 1 heterocycles. The topological polar surface area (TPSA) is 54.9 Å². The van der Waals surface area contributed by atoms with Gasteiger partial charge >= 0.3 is 0 Å². The smallest absolute Gasteiger partial charge is 0.254 e. The molecular weight excluding hydrogens is 318 g/mol. The van der Waals surface area contributed by atoms with Gasteiger partial charge in [0.1, 0.15) is 0 Å². The number of ether oxygens (including phenoxy) is 2. The van der Waals surface area contributed by atoms with Crippen LogP contribution < -0.4 is 9.47 Å². The molecule has 0 atom stereocenters. The van der Waals surface area contributed by atoms with Gasteiger partial charge in [0.05, 0.1) is 14.2 Å². The first-order valence-electron chi connectivity index (χ1n) is 8.10. The summed E-state index contributed by atoms with van der Waals surface area (Å²) in [6.07, 6.45) is 3.51. The first-order valence-corrected chi connectivity index (χ1v) is 8.10. The maximum Gasteiger partial charge on any atom is 0.254 e. The van der Waals surface area contributed by atoms with Crippen LogP contribution in [0.2, 0.25) is 0 Å². The Hall–Kier alpha value is -2.60. The molecule has 25 heavy (non-hydrogen) atoms. The Labute approximate surface area is 149 Å². The standard InChI is InChI=1S/C19H25N3O3/c1-21(2)10-11-22(14-15-6-5-9-20-13-15)19(23)16-7-8-17(24-3)18(12-16)25-4/h5-9,12-13H,10-11,14H2,1-4H3. The van der Waals surface area contributed by atoms with Crippen molar-refractivity contribution >= 4 is 5.91 Å². The van der Waals surface area contributed by atoms with Gasteiger partial charge in [-0.2, -0.15) is 0 Å². The summed E-state index contributed by atoms with van der Waals surface area (Å²) in [5, 5.41) is 0. The molecule has 0 saturated heterocycles. The molecule has 1 amide bonds. The molecule has 134 valence electrons. The lowest BCUT2D eigenvalue weighted by Gasteiger charge is -2.25. The Morgan fingerprint density at radius 3 is 2.44 bits per heavy atom. The third-order valence-electron chi connectivity index (χ3n) is 3.83. The molecular formula is C19H25N3O3. The van der Waals surface area contributed by atoms with Gasteiger partial charge in [-0.3, -0.25) is 9.78 Å². The quantitative estimate of drug-likeness (QED) is 0.736. The molecule has 6 heteroatoms. The summed E-state index contributed by atoms with van der Waals surface area (Å²) in [6.45, 7) is 1.91. The van der Waals surface area contributed by atoms with Crippen LogP contribution in [0, 0.1) is 0 Å². The van der Waals surface area contributed by atoms with Crippen LogP contribution in [0.1, 0.15) is 15.9 Å². The van der Waals surface area contributed by atoms with E-state index in [0.717, 1.165) is 12.1 Å². The summed E-state index contributed by atoms with van der Waals surface area (Å²) in [4.78, 5) is 21.0. The fourth-order valence-electron chi connectivity index (χ4n) is 2.44. The van der Waals surface area contributed by atoms with Crippen LogP contribution in [-0.2, 0) is 6.54 Å². The average molecular weight is 343 g/mol. The molecule has 0 unspecified atom stereocenters. The summed E-state index contributed by atoms with van der Waals surface area (Å²) in [5.74, 6) is 1.10. The van der Waals surface area contributed by atoms with E-state index in [2.05, 4.69) is 9.88 Å². The molecule has 2 rings (SSSR count). The predicted octanol–water partition coefficient (Wildman–Crippen LogP) is 2.30. The molecule has 0 aliphatic rings. The molecule has 1 aromatic carbocycles. The number of aromatic nitrogens is 1. The van der Waals surface area contributed by atoms with Gasteiger partial charge in [0, 0.05) is 37.6 Å². The lowest BCUT2D eigenvalue weighted by atomic mass is 10.1. The molecule has 0 fully saturated rings. The third-order valence-corrected chi connectivity index (χ3v) is 3.83. The molecule has 0 saturated carbocycles. The van der Waals surface area contributed by atoms with Crippen LogP contribution in [0.3, 0.4) is 0 Å². The van der Waals surface area contributed by atoms with Crippen molar-refractivity contribution in [3.63, 3.8) is 0 Å². The molecule has 0 spiro atoms. The van der Waals surface area contributed by atoms with Crippen molar-refractivity contribution in [2.24, 2.45) is 0 Å². The molecule has 1 aromatic heterocycles. The van der Waals surface area contributed by atoms with Crippen molar-refractivity contribution in [2.45, 2.75) is 6.54 Å². The molecule has 0 aliphatic carbocycles. The Morgan fingerprint density at radius 2 is 1.84 bits per heavy atom. The zero-order valence-corrected chi connectivity index (χ0v) is 15.2. The highest BCUT2D eigenvalue weighted by molar-refractivity contribution is 5.95. The van der Waals surface area contributed by atoms with Gasteiger partial charge in [-0.15, -0.1) is 0 Å². The molecule has 2 aromatic rings. The summed E-state index contributed by atoms with van der Waals surface area (Å²) >= 11 is 0. The highest BCUT2D eigenvalue weighted by atomic mass is 16.5. The molecule has 0 N–H and O–H groups in total. The van der Waals surface area contributed by atoms with E-state index in [-0.39, 0.29) is 5.91 Å². The number of pyridine rings is 1. The maximum atomic E-state index is 13.0. The zero-order valence-electron chi connectivity index (χ0n) is 15.2. The number of amides is 1. The minimum absolute atomic E-state index is 0.0494. The van der Waals surface area contributed by atoms with Crippen molar-refractivity contribution in [2.75, 3.05) is 41.4 Å². The van der Waals surface area contributed by atoms with Crippen molar-refractivity contribution in [1.29, 1.82) is 0 Å². The van der Waals surface area contributed by atoms with Crippen LogP contribution in [0.5, 0.6) is 11.5 Å². The summed E-state index contributed by atoms with van der Waals surface area (Å²) in [7, 11) is 7.11. The number of benzene rings is 1. The van der Waals surface area contributed by atoms with Crippen LogP contribution in [-0.4, -0.2) is 62.1 Å². The summed E-state index contributed by atoms with van der Waals surface area (Å²) < 4.78 is 10.6. The van der Waals surface area contributed by atoms with E-state index in [4.69, 9.17) is 9.47 Å². The average Bonchev–Trinajstić information content (AvgIpc) is 2.64. The first kappa shape index (κ1) is 18.7. The van der Waals surface area contributed by atoms with Crippen LogP contribution in [0.25, 0.3) is 0 Å². The Morgan fingerprint density at radius 1 is 1.08 bits per heavy atom. The zero-order chi connectivity index (χ0) is 18.2. The highest BCUT2D eigenvalue weighted by Crippen LogP contribution is 2.28. The Balaban J connectivity index is 2.24. The maximum absolute atomic E-state index is 13.0. The van der Waals surface area contributed by atoms with E-state index in [0.29, 0.717) is 30.2 Å². The number of nitrogens with zero attached hydrogens (tertiary/aromatic N) is 3. The highest BCUT2D eigenvalue weighted by Gasteiger charge is 2.18. The number of rotatable bonds is 8. The fourth-order valence-corrected chi connectivity index (χ4v) is 2.44. The second kappa shape index (κ2) is 9.03. The van der Waals surface area contributed by atoms with Gasteiger partial charge in [0.2, 0.25) is 0 Å². The minimum Gasteiger partial charge on any atom is -0.493 e. The van der Waals surface area contributed by atoms with Gasteiger partial charge in [-0.1, -0.05) is 6.07 Å². The van der Waals surface area contributed by atoms with Crippen molar-refractivity contribution < 1.29 is 14.3 Å². The molecule has 0 radical (unpaired) electrons. The lowest BCUT2D eigenvalue weighted by Crippen LogP contribution is -2.36. The van der Waals surface area contributed by atoms with Gasteiger partial charge in [0.25, 0.3) is 5.91 Å². The largest absolute Gasteiger partial charge is 0.493 e. The van der Waals surface area contributed by atoms with E-state index in [1.165, 1.54) is 0 Å². The van der Waals surface area contributed by atoms with Crippen molar-refractivity contribution in [1.82, 2.24) is 14.8 Å². The second-order valence-corrected chi connectivity index (χ2v) is 5.96. The second-order valence-electron chi connectivity index (χ2n) is 5.96. The molecule has 6 nitrogen and oxygen atoms in total. The molecule has 0 bridgehead atoms. The lowest BCUT2D eigenvalue weighted by molar-refractivity contribution is 0.0731. The van der Waals surface area contributed by atoms with E-state index < -0.39 is 0 Å². The van der Waals surface area contributed by atoms with E-state index in [9.17, 15) is 4.79 Å². The van der Waals surface area contributed by atoms with Crippen molar-refractivity contribution in [3.05, 3.63) is 53.9 Å². The van der Waals surface area contributed by atoms with E-state index >= 15 is 0 Å². The number of likely N-dealkylation sites (N-methyl/N-ethyl adjacent to an activating group) is 1.